The van der Waals surface area contributed by atoms with Crippen molar-refractivity contribution in [3.8, 4) is 11.1 Å². The molecule has 0 amide bonds. The maximum absolute atomic E-state index is 5.75. The smallest absolute Gasteiger partial charge is 0.0720 e. The number of aromatic nitrogens is 1. The molecule has 2 heteroatoms. The van der Waals surface area contributed by atoms with Gasteiger partial charge in [0.05, 0.1) is 13.2 Å². The topological polar surface area (TPSA) is 22.1 Å². The molecule has 1 aliphatic rings. The van der Waals surface area contributed by atoms with E-state index < -0.39 is 0 Å². The minimum Gasteiger partial charge on any atom is -0.376 e. The van der Waals surface area contributed by atoms with Crippen molar-refractivity contribution in [2.24, 2.45) is 5.92 Å². The number of hydrogen-bond donors (Lipinski definition) is 0. The SMILES string of the molecule is CC(C)[C@H]1COCc2cc(-c3cccnc3)ccc21. The van der Waals surface area contributed by atoms with Gasteiger partial charge in [0.1, 0.15) is 0 Å². The first kappa shape index (κ1) is 12.4. The molecule has 98 valence electrons. The lowest BCUT2D eigenvalue weighted by atomic mass is 9.84. The normalized spacial score (nSPS) is 18.4. The lowest BCUT2D eigenvalue weighted by molar-refractivity contribution is 0.0793. The number of nitrogens with zero attached hydrogens (tertiary/aromatic N) is 1. The molecular weight excluding hydrogens is 234 g/mol. The van der Waals surface area contributed by atoms with Crippen molar-refractivity contribution in [3.63, 3.8) is 0 Å². The summed E-state index contributed by atoms with van der Waals surface area (Å²) in [6.07, 6.45) is 3.71. The van der Waals surface area contributed by atoms with Crippen molar-refractivity contribution in [3.05, 3.63) is 53.9 Å². The van der Waals surface area contributed by atoms with E-state index in [0.29, 0.717) is 11.8 Å². The fourth-order valence-corrected chi connectivity index (χ4v) is 2.74. The van der Waals surface area contributed by atoms with E-state index in [-0.39, 0.29) is 0 Å². The molecule has 1 aliphatic heterocycles. The molecule has 2 heterocycles. The van der Waals surface area contributed by atoms with Gasteiger partial charge in [-0.3, -0.25) is 4.98 Å². The molecule has 19 heavy (non-hydrogen) atoms. The third-order valence-electron chi connectivity index (χ3n) is 3.90. The number of hydrogen-bond acceptors (Lipinski definition) is 2. The molecule has 0 aliphatic carbocycles. The summed E-state index contributed by atoms with van der Waals surface area (Å²) in [5, 5.41) is 0. The highest BCUT2D eigenvalue weighted by Crippen LogP contribution is 2.34. The number of benzene rings is 1. The minimum atomic E-state index is 0.520. The average molecular weight is 253 g/mol. The van der Waals surface area contributed by atoms with Gasteiger partial charge in [-0.05, 0) is 40.3 Å². The maximum atomic E-state index is 5.75. The van der Waals surface area contributed by atoms with Crippen molar-refractivity contribution >= 4 is 0 Å². The molecular formula is C17H19NO. The van der Waals surface area contributed by atoms with Gasteiger partial charge in [0.25, 0.3) is 0 Å². The van der Waals surface area contributed by atoms with Crippen LogP contribution in [0.1, 0.15) is 30.9 Å². The third kappa shape index (κ3) is 2.41. The maximum Gasteiger partial charge on any atom is 0.0720 e. The fourth-order valence-electron chi connectivity index (χ4n) is 2.74. The number of pyridine rings is 1. The van der Waals surface area contributed by atoms with E-state index in [9.17, 15) is 0 Å². The summed E-state index contributed by atoms with van der Waals surface area (Å²) in [4.78, 5) is 4.19. The molecule has 1 aromatic carbocycles. The van der Waals surface area contributed by atoms with Crippen molar-refractivity contribution in [2.75, 3.05) is 6.61 Å². The largest absolute Gasteiger partial charge is 0.376 e. The Bertz CT molecular complexity index is 563. The quantitative estimate of drug-likeness (QED) is 0.806. The van der Waals surface area contributed by atoms with Crippen LogP contribution in [-0.4, -0.2) is 11.6 Å². The number of ether oxygens (including phenoxy) is 1. The lowest BCUT2D eigenvalue weighted by Crippen LogP contribution is -2.20. The van der Waals surface area contributed by atoms with Crippen LogP contribution in [0.4, 0.5) is 0 Å². The Morgan fingerprint density at radius 2 is 2.11 bits per heavy atom. The molecule has 0 unspecified atom stereocenters. The zero-order valence-corrected chi connectivity index (χ0v) is 11.5. The van der Waals surface area contributed by atoms with Crippen LogP contribution in [0.3, 0.4) is 0 Å². The second-order valence-electron chi connectivity index (χ2n) is 5.52. The van der Waals surface area contributed by atoms with Crippen molar-refractivity contribution < 1.29 is 4.74 Å². The second-order valence-corrected chi connectivity index (χ2v) is 5.52. The summed E-state index contributed by atoms with van der Waals surface area (Å²) in [6, 6.07) is 10.8. The highest BCUT2D eigenvalue weighted by Gasteiger charge is 2.23. The molecule has 0 bridgehead atoms. The molecule has 0 saturated heterocycles. The van der Waals surface area contributed by atoms with Crippen LogP contribution in [0.15, 0.2) is 42.7 Å². The van der Waals surface area contributed by atoms with E-state index in [1.807, 2.05) is 12.3 Å². The lowest BCUT2D eigenvalue weighted by Gasteiger charge is -2.29. The summed E-state index contributed by atoms with van der Waals surface area (Å²) in [7, 11) is 0. The van der Waals surface area contributed by atoms with Gasteiger partial charge in [0.15, 0.2) is 0 Å². The monoisotopic (exact) mass is 253 g/mol. The first-order valence-electron chi connectivity index (χ1n) is 6.86. The summed E-state index contributed by atoms with van der Waals surface area (Å²) in [6.45, 7) is 6.10. The Morgan fingerprint density at radius 1 is 1.21 bits per heavy atom. The summed E-state index contributed by atoms with van der Waals surface area (Å²) in [5.74, 6) is 1.13. The van der Waals surface area contributed by atoms with Gasteiger partial charge in [0, 0.05) is 18.3 Å². The minimum absolute atomic E-state index is 0.520. The predicted molar refractivity (Wildman–Crippen MR) is 76.9 cm³/mol. The molecule has 2 aromatic rings. The molecule has 0 spiro atoms. The van der Waals surface area contributed by atoms with E-state index in [1.54, 1.807) is 6.20 Å². The molecule has 0 fully saturated rings. The highest BCUT2D eigenvalue weighted by atomic mass is 16.5. The van der Waals surface area contributed by atoms with E-state index in [0.717, 1.165) is 18.8 Å². The van der Waals surface area contributed by atoms with Crippen LogP contribution in [0.2, 0.25) is 0 Å². The van der Waals surface area contributed by atoms with Gasteiger partial charge in [-0.25, -0.2) is 0 Å². The Labute approximate surface area is 114 Å². The Morgan fingerprint density at radius 3 is 2.84 bits per heavy atom. The van der Waals surface area contributed by atoms with Crippen LogP contribution in [0.25, 0.3) is 11.1 Å². The zero-order chi connectivity index (χ0) is 13.2. The van der Waals surface area contributed by atoms with Gasteiger partial charge in [-0.1, -0.05) is 32.0 Å². The van der Waals surface area contributed by atoms with Gasteiger partial charge in [0.2, 0.25) is 0 Å². The summed E-state index contributed by atoms with van der Waals surface area (Å²) in [5.41, 5.74) is 5.16. The van der Waals surface area contributed by atoms with E-state index in [1.165, 1.54) is 16.7 Å². The van der Waals surface area contributed by atoms with Crippen molar-refractivity contribution in [2.45, 2.75) is 26.4 Å². The number of fused-ring (bicyclic) bond motifs is 1. The highest BCUT2D eigenvalue weighted by molar-refractivity contribution is 5.64. The van der Waals surface area contributed by atoms with Crippen LogP contribution < -0.4 is 0 Å². The number of rotatable bonds is 2. The van der Waals surface area contributed by atoms with Gasteiger partial charge in [-0.2, -0.15) is 0 Å². The third-order valence-corrected chi connectivity index (χ3v) is 3.90. The van der Waals surface area contributed by atoms with Crippen LogP contribution in [-0.2, 0) is 11.3 Å². The second kappa shape index (κ2) is 5.14. The van der Waals surface area contributed by atoms with Crippen LogP contribution >= 0.6 is 0 Å². The standard InChI is InChI=1S/C17H19NO/c1-12(2)17-11-19-10-15-8-13(5-6-16(15)17)14-4-3-7-18-9-14/h3-9,12,17H,10-11H2,1-2H3/t17-/m1/s1. The Balaban J connectivity index is 2.00. The summed E-state index contributed by atoms with van der Waals surface area (Å²) >= 11 is 0. The predicted octanol–water partition coefficient (Wildman–Crippen LogP) is 4.02. The van der Waals surface area contributed by atoms with Gasteiger partial charge < -0.3 is 4.74 Å². The van der Waals surface area contributed by atoms with Gasteiger partial charge in [-0.15, -0.1) is 0 Å². The first-order valence-corrected chi connectivity index (χ1v) is 6.86. The summed E-state index contributed by atoms with van der Waals surface area (Å²) < 4.78 is 5.75. The van der Waals surface area contributed by atoms with E-state index in [2.05, 4.69) is 43.1 Å². The van der Waals surface area contributed by atoms with E-state index in [4.69, 9.17) is 4.74 Å². The zero-order valence-electron chi connectivity index (χ0n) is 11.5. The van der Waals surface area contributed by atoms with Crippen LogP contribution in [0.5, 0.6) is 0 Å². The van der Waals surface area contributed by atoms with Crippen LogP contribution in [0, 0.1) is 5.92 Å². The molecule has 0 N–H and O–H groups in total. The molecule has 1 aromatic heterocycles. The molecule has 0 radical (unpaired) electrons. The molecule has 3 rings (SSSR count). The molecule has 2 nitrogen and oxygen atoms in total. The average Bonchev–Trinajstić information content (AvgIpc) is 2.47. The fraction of sp³-hybridized carbons (Fsp3) is 0.353. The van der Waals surface area contributed by atoms with E-state index >= 15 is 0 Å². The van der Waals surface area contributed by atoms with Crippen molar-refractivity contribution in [1.29, 1.82) is 0 Å². The molecule has 0 saturated carbocycles. The Hall–Kier alpha value is -1.67. The first-order chi connectivity index (χ1) is 9.25. The molecule has 1 atom stereocenters. The van der Waals surface area contributed by atoms with Crippen molar-refractivity contribution in [1.82, 2.24) is 4.98 Å². The Kier molecular flexibility index (Phi) is 3.34. The van der Waals surface area contributed by atoms with Gasteiger partial charge >= 0.3 is 0 Å².